The summed E-state index contributed by atoms with van der Waals surface area (Å²) in [5.74, 6) is -2.08. The van der Waals surface area contributed by atoms with Gasteiger partial charge < -0.3 is 19.1 Å². The second-order valence-electron chi connectivity index (χ2n) is 9.40. The average molecular weight is 483 g/mol. The maximum atomic E-state index is 13.1. The first-order valence-corrected chi connectivity index (χ1v) is 12.0. The summed E-state index contributed by atoms with van der Waals surface area (Å²) < 4.78 is 34.2. The summed E-state index contributed by atoms with van der Waals surface area (Å²) in [5, 5.41) is 0.973. The van der Waals surface area contributed by atoms with E-state index in [-0.39, 0.29) is 12.0 Å². The molecule has 0 N–H and O–H groups in total. The molecule has 0 radical (unpaired) electrons. The van der Waals surface area contributed by atoms with E-state index in [0.717, 1.165) is 43.2 Å². The minimum absolute atomic E-state index is 0.0732. The summed E-state index contributed by atoms with van der Waals surface area (Å²) in [5.41, 5.74) is 1.66. The van der Waals surface area contributed by atoms with Gasteiger partial charge in [0.1, 0.15) is 17.7 Å². The molecular weight excluding hydrogens is 454 g/mol. The Kier molecular flexibility index (Phi) is 6.17. The zero-order valence-corrected chi connectivity index (χ0v) is 19.6. The highest BCUT2D eigenvalue weighted by Gasteiger charge is 2.31. The van der Waals surface area contributed by atoms with Gasteiger partial charge in [-0.3, -0.25) is 9.59 Å². The Morgan fingerprint density at radius 3 is 2.46 bits per heavy atom. The average Bonchev–Trinajstić information content (AvgIpc) is 3.21. The SMILES string of the molecule is CC(F)(F)CC(=O)N1CCC(Oc2ccc(-n3ccc4cc(C(=O)N5CCC5)ccc43)nc2)CC1. The molecule has 0 atom stereocenters. The van der Waals surface area contributed by atoms with Gasteiger partial charge in [-0.05, 0) is 49.7 Å². The number of fused-ring (bicyclic) bond motifs is 1. The number of aromatic nitrogens is 2. The highest BCUT2D eigenvalue weighted by molar-refractivity contribution is 5.98. The number of hydrogen-bond acceptors (Lipinski definition) is 4. The number of benzene rings is 1. The van der Waals surface area contributed by atoms with Gasteiger partial charge in [-0.25, -0.2) is 13.8 Å². The molecule has 2 aliphatic heterocycles. The number of carbonyl (C=O) groups is 2. The molecule has 0 bridgehead atoms. The molecule has 35 heavy (non-hydrogen) atoms. The van der Waals surface area contributed by atoms with Gasteiger partial charge in [0.15, 0.2) is 0 Å². The molecular formula is C26H28F2N4O3. The summed E-state index contributed by atoms with van der Waals surface area (Å²) in [6, 6.07) is 11.4. The van der Waals surface area contributed by atoms with E-state index in [0.29, 0.717) is 37.2 Å². The predicted octanol–water partition coefficient (Wildman–Crippen LogP) is 4.29. The molecule has 184 valence electrons. The maximum absolute atomic E-state index is 13.1. The molecule has 2 aromatic heterocycles. The number of hydrogen-bond donors (Lipinski definition) is 0. The van der Waals surface area contributed by atoms with E-state index in [2.05, 4.69) is 4.98 Å². The van der Waals surface area contributed by atoms with E-state index in [1.54, 1.807) is 6.20 Å². The number of pyridine rings is 1. The molecule has 7 nitrogen and oxygen atoms in total. The van der Waals surface area contributed by atoms with E-state index >= 15 is 0 Å². The van der Waals surface area contributed by atoms with Crippen molar-refractivity contribution in [2.24, 2.45) is 0 Å². The van der Waals surface area contributed by atoms with E-state index in [1.165, 1.54) is 4.90 Å². The molecule has 5 rings (SSSR count). The van der Waals surface area contributed by atoms with Crippen molar-refractivity contribution >= 4 is 22.7 Å². The Morgan fingerprint density at radius 1 is 1.06 bits per heavy atom. The zero-order chi connectivity index (χ0) is 24.6. The third kappa shape index (κ3) is 5.13. The Labute approximate surface area is 202 Å². The number of halogens is 2. The van der Waals surface area contributed by atoms with Crippen LogP contribution in [0.1, 0.15) is 43.0 Å². The van der Waals surface area contributed by atoms with Crippen LogP contribution in [0.3, 0.4) is 0 Å². The fourth-order valence-corrected chi connectivity index (χ4v) is 4.55. The van der Waals surface area contributed by atoms with Gasteiger partial charge in [0.05, 0.1) is 18.1 Å². The molecule has 0 spiro atoms. The van der Waals surface area contributed by atoms with Crippen LogP contribution in [-0.2, 0) is 4.79 Å². The van der Waals surface area contributed by atoms with Crippen LogP contribution in [0, 0.1) is 0 Å². The van der Waals surface area contributed by atoms with Crippen LogP contribution in [0.5, 0.6) is 5.75 Å². The summed E-state index contributed by atoms with van der Waals surface area (Å²) in [6.45, 7) is 3.22. The third-order valence-corrected chi connectivity index (χ3v) is 6.61. The van der Waals surface area contributed by atoms with Gasteiger partial charge in [-0.2, -0.15) is 0 Å². The normalized spacial score (nSPS) is 16.9. The molecule has 0 saturated carbocycles. The van der Waals surface area contributed by atoms with Gasteiger partial charge >= 0.3 is 0 Å². The van der Waals surface area contributed by atoms with Gasteiger partial charge in [-0.15, -0.1) is 0 Å². The van der Waals surface area contributed by atoms with Crippen LogP contribution in [0.15, 0.2) is 48.8 Å². The van der Waals surface area contributed by atoms with Crippen LogP contribution < -0.4 is 4.74 Å². The van der Waals surface area contributed by atoms with E-state index in [4.69, 9.17) is 4.74 Å². The Hall–Kier alpha value is -3.49. The van der Waals surface area contributed by atoms with Crippen molar-refractivity contribution in [3.8, 4) is 11.6 Å². The standard InChI is InChI=1S/C26H28F2N4O3/c1-26(27,28)16-24(33)30-12-8-20(9-13-30)35-21-4-6-23(29-17-21)32-14-7-18-15-19(3-5-22(18)32)25(34)31-10-2-11-31/h3-7,14-15,17,20H,2,8-13,16H2,1H3. The third-order valence-electron chi connectivity index (χ3n) is 6.61. The Morgan fingerprint density at radius 2 is 1.83 bits per heavy atom. The van der Waals surface area contributed by atoms with Gasteiger partial charge in [0, 0.05) is 56.2 Å². The van der Waals surface area contributed by atoms with Crippen LogP contribution >= 0.6 is 0 Å². The van der Waals surface area contributed by atoms with Crippen molar-refractivity contribution in [3.05, 3.63) is 54.4 Å². The van der Waals surface area contributed by atoms with E-state index in [1.807, 2.05) is 52.1 Å². The highest BCUT2D eigenvalue weighted by atomic mass is 19.3. The lowest BCUT2D eigenvalue weighted by atomic mass is 10.1. The topological polar surface area (TPSA) is 67.7 Å². The smallest absolute Gasteiger partial charge is 0.254 e. The fourth-order valence-electron chi connectivity index (χ4n) is 4.55. The van der Waals surface area contributed by atoms with Crippen molar-refractivity contribution in [2.75, 3.05) is 26.2 Å². The summed E-state index contributed by atoms with van der Waals surface area (Å²) >= 11 is 0. The number of piperidine rings is 1. The number of ether oxygens (including phenoxy) is 1. The van der Waals surface area contributed by atoms with Crippen LogP contribution in [0.25, 0.3) is 16.7 Å². The number of amides is 2. The highest BCUT2D eigenvalue weighted by Crippen LogP contribution is 2.25. The van der Waals surface area contributed by atoms with Crippen LogP contribution in [0.4, 0.5) is 8.78 Å². The molecule has 0 aliphatic carbocycles. The monoisotopic (exact) mass is 482 g/mol. The lowest BCUT2D eigenvalue weighted by molar-refractivity contribution is -0.139. The first-order chi connectivity index (χ1) is 16.8. The first-order valence-electron chi connectivity index (χ1n) is 12.0. The number of likely N-dealkylation sites (tertiary alicyclic amines) is 2. The fraction of sp³-hybridized carbons (Fsp3) is 0.423. The van der Waals surface area contributed by atoms with Gasteiger partial charge in [-0.1, -0.05) is 0 Å². The lowest BCUT2D eigenvalue weighted by Gasteiger charge is -2.32. The number of alkyl halides is 2. The van der Waals surface area contributed by atoms with Crippen molar-refractivity contribution < 1.29 is 23.1 Å². The Balaban J connectivity index is 1.20. The quantitative estimate of drug-likeness (QED) is 0.526. The molecule has 2 saturated heterocycles. The van der Waals surface area contributed by atoms with Crippen LogP contribution in [-0.4, -0.2) is 69.4 Å². The van der Waals surface area contributed by atoms with Crippen molar-refractivity contribution in [1.29, 1.82) is 0 Å². The second-order valence-corrected chi connectivity index (χ2v) is 9.40. The minimum Gasteiger partial charge on any atom is -0.489 e. The maximum Gasteiger partial charge on any atom is 0.254 e. The molecule has 3 aromatic rings. The lowest BCUT2D eigenvalue weighted by Crippen LogP contribution is -2.43. The predicted molar refractivity (Wildman–Crippen MR) is 127 cm³/mol. The van der Waals surface area contributed by atoms with Gasteiger partial charge in [0.2, 0.25) is 5.91 Å². The largest absolute Gasteiger partial charge is 0.489 e. The van der Waals surface area contributed by atoms with Crippen molar-refractivity contribution in [3.63, 3.8) is 0 Å². The molecule has 1 aromatic carbocycles. The molecule has 9 heteroatoms. The second kappa shape index (κ2) is 9.28. The van der Waals surface area contributed by atoms with Gasteiger partial charge in [0.25, 0.3) is 11.8 Å². The number of rotatable bonds is 6. The zero-order valence-electron chi connectivity index (χ0n) is 19.6. The van der Waals surface area contributed by atoms with Crippen molar-refractivity contribution in [2.45, 2.75) is 44.6 Å². The van der Waals surface area contributed by atoms with Crippen molar-refractivity contribution in [1.82, 2.24) is 19.4 Å². The number of nitrogens with zero attached hydrogens (tertiary/aromatic N) is 4. The summed E-state index contributed by atoms with van der Waals surface area (Å²) in [7, 11) is 0. The summed E-state index contributed by atoms with van der Waals surface area (Å²) in [6.07, 6.45) is 4.98. The van der Waals surface area contributed by atoms with E-state index in [9.17, 15) is 18.4 Å². The molecule has 2 fully saturated rings. The Bertz CT molecular complexity index is 1220. The molecule has 0 unspecified atom stereocenters. The molecule has 2 amide bonds. The molecule has 2 aliphatic rings. The van der Waals surface area contributed by atoms with Crippen LogP contribution in [0.2, 0.25) is 0 Å². The summed E-state index contributed by atoms with van der Waals surface area (Å²) in [4.78, 5) is 32.4. The number of carbonyl (C=O) groups excluding carboxylic acids is 2. The van der Waals surface area contributed by atoms with E-state index < -0.39 is 18.3 Å². The minimum atomic E-state index is -2.99. The first kappa shape index (κ1) is 23.3. The molecule has 4 heterocycles.